The number of carbonyl (C=O) groups excluding carboxylic acids is 1. The van der Waals surface area contributed by atoms with E-state index in [9.17, 15) is 4.79 Å². The van der Waals surface area contributed by atoms with E-state index in [1.807, 2.05) is 30.3 Å². The van der Waals surface area contributed by atoms with Crippen molar-refractivity contribution in [3.63, 3.8) is 0 Å². The first-order valence-corrected chi connectivity index (χ1v) is 6.51. The molecule has 0 atom stereocenters. The Morgan fingerprint density at radius 3 is 2.50 bits per heavy atom. The van der Waals surface area contributed by atoms with E-state index < -0.39 is 5.91 Å². The molecule has 4 heteroatoms. The van der Waals surface area contributed by atoms with E-state index in [0.717, 1.165) is 10.6 Å². The van der Waals surface area contributed by atoms with Crippen molar-refractivity contribution in [3.05, 3.63) is 59.7 Å². The van der Waals surface area contributed by atoms with E-state index >= 15 is 0 Å². The molecule has 1 amide bonds. The minimum absolute atomic E-state index is 0.425. The fourth-order valence-corrected chi connectivity index (χ4v) is 2.66. The molecule has 92 valence electrons. The molecule has 4 N–H and O–H groups in total. The number of primary amides is 1. The molecular weight excluding hydrogens is 244 g/mol. The van der Waals surface area contributed by atoms with Crippen molar-refractivity contribution in [2.75, 3.05) is 5.73 Å². The second-order valence-corrected chi connectivity index (χ2v) is 4.91. The van der Waals surface area contributed by atoms with Gasteiger partial charge in [0.1, 0.15) is 0 Å². The molecule has 0 saturated heterocycles. The zero-order valence-corrected chi connectivity index (χ0v) is 10.6. The van der Waals surface area contributed by atoms with Crippen molar-refractivity contribution >= 4 is 23.4 Å². The summed E-state index contributed by atoms with van der Waals surface area (Å²) in [7, 11) is 0. The highest BCUT2D eigenvalue weighted by molar-refractivity contribution is 7.98. The van der Waals surface area contributed by atoms with Gasteiger partial charge in [0.25, 0.3) is 0 Å². The van der Waals surface area contributed by atoms with Gasteiger partial charge in [-0.15, -0.1) is 11.8 Å². The average molecular weight is 258 g/mol. The lowest BCUT2D eigenvalue weighted by Gasteiger charge is -2.07. The maximum Gasteiger partial charge on any atom is 0.249 e. The number of carbonyl (C=O) groups is 1. The molecule has 0 heterocycles. The van der Waals surface area contributed by atoms with Crippen LogP contribution in [0.2, 0.25) is 0 Å². The average Bonchev–Trinajstić information content (AvgIpc) is 2.37. The lowest BCUT2D eigenvalue weighted by Crippen LogP contribution is -2.12. The Morgan fingerprint density at radius 1 is 1.11 bits per heavy atom. The molecular formula is C14H14N2OS. The van der Waals surface area contributed by atoms with Crippen LogP contribution in [0.25, 0.3) is 0 Å². The summed E-state index contributed by atoms with van der Waals surface area (Å²) < 4.78 is 0. The van der Waals surface area contributed by atoms with E-state index in [1.165, 1.54) is 5.56 Å². The fraction of sp³-hybridized carbons (Fsp3) is 0.0714. The molecule has 18 heavy (non-hydrogen) atoms. The Hall–Kier alpha value is -1.94. The maximum absolute atomic E-state index is 11.3. The largest absolute Gasteiger partial charge is 0.399 e. The van der Waals surface area contributed by atoms with Crippen LogP contribution in [0.15, 0.2) is 53.4 Å². The Labute approximate surface area is 110 Å². The quantitative estimate of drug-likeness (QED) is 0.654. The third-order valence-electron chi connectivity index (χ3n) is 2.51. The molecule has 0 aliphatic carbocycles. The number of thioether (sulfide) groups is 1. The summed E-state index contributed by atoms with van der Waals surface area (Å²) in [5, 5.41) is 0. The number of hydrogen-bond acceptors (Lipinski definition) is 3. The van der Waals surface area contributed by atoms with Gasteiger partial charge in [-0.3, -0.25) is 4.79 Å². The van der Waals surface area contributed by atoms with Crippen LogP contribution in [-0.2, 0) is 5.75 Å². The van der Waals surface area contributed by atoms with E-state index in [4.69, 9.17) is 11.5 Å². The minimum Gasteiger partial charge on any atom is -0.399 e. The third kappa shape index (κ3) is 3.05. The van der Waals surface area contributed by atoms with Crippen molar-refractivity contribution in [2.24, 2.45) is 5.73 Å². The number of nitrogens with two attached hydrogens (primary N) is 2. The normalized spacial score (nSPS) is 10.2. The number of rotatable bonds is 4. The topological polar surface area (TPSA) is 69.1 Å². The predicted molar refractivity (Wildman–Crippen MR) is 75.4 cm³/mol. The van der Waals surface area contributed by atoms with Gasteiger partial charge in [-0.2, -0.15) is 0 Å². The molecule has 0 aliphatic rings. The molecule has 0 bridgehead atoms. The van der Waals surface area contributed by atoms with E-state index in [0.29, 0.717) is 11.3 Å². The van der Waals surface area contributed by atoms with Crippen molar-refractivity contribution in [1.29, 1.82) is 0 Å². The molecule has 0 saturated carbocycles. The van der Waals surface area contributed by atoms with Crippen molar-refractivity contribution in [2.45, 2.75) is 10.6 Å². The molecule has 2 aromatic carbocycles. The highest BCUT2D eigenvalue weighted by Gasteiger charge is 2.09. The predicted octanol–water partition coefficient (Wildman–Crippen LogP) is 2.66. The van der Waals surface area contributed by atoms with Crippen LogP contribution in [0.4, 0.5) is 5.69 Å². The van der Waals surface area contributed by atoms with Gasteiger partial charge >= 0.3 is 0 Å². The molecule has 0 aliphatic heterocycles. The van der Waals surface area contributed by atoms with E-state index in [-0.39, 0.29) is 0 Å². The van der Waals surface area contributed by atoms with Crippen LogP contribution >= 0.6 is 11.8 Å². The highest BCUT2D eigenvalue weighted by Crippen LogP contribution is 2.28. The van der Waals surface area contributed by atoms with Gasteiger partial charge in [-0.25, -0.2) is 0 Å². The van der Waals surface area contributed by atoms with Crippen LogP contribution < -0.4 is 11.5 Å². The molecule has 2 aromatic rings. The highest BCUT2D eigenvalue weighted by atomic mass is 32.2. The summed E-state index contributed by atoms with van der Waals surface area (Å²) in [4.78, 5) is 12.1. The lowest BCUT2D eigenvalue weighted by atomic mass is 10.2. The Morgan fingerprint density at radius 2 is 1.83 bits per heavy atom. The summed E-state index contributed by atoms with van der Waals surface area (Å²) >= 11 is 1.56. The van der Waals surface area contributed by atoms with Gasteiger partial charge in [0.2, 0.25) is 5.91 Å². The second-order valence-electron chi connectivity index (χ2n) is 3.89. The zero-order valence-electron chi connectivity index (χ0n) is 9.80. The van der Waals surface area contributed by atoms with Gasteiger partial charge in [0, 0.05) is 16.3 Å². The molecule has 0 radical (unpaired) electrons. The van der Waals surface area contributed by atoms with E-state index in [2.05, 4.69) is 0 Å². The Balaban J connectivity index is 2.18. The number of anilines is 1. The third-order valence-corrected chi connectivity index (χ3v) is 3.63. The van der Waals surface area contributed by atoms with Gasteiger partial charge in [-0.1, -0.05) is 30.3 Å². The lowest BCUT2D eigenvalue weighted by molar-refractivity contribution is 0.0997. The van der Waals surface area contributed by atoms with Crippen molar-refractivity contribution in [1.82, 2.24) is 0 Å². The van der Waals surface area contributed by atoms with Crippen molar-refractivity contribution < 1.29 is 4.79 Å². The molecule has 0 fully saturated rings. The Kier molecular flexibility index (Phi) is 3.89. The van der Waals surface area contributed by atoms with Crippen LogP contribution in [0.5, 0.6) is 0 Å². The standard InChI is InChI=1S/C14H14N2OS/c15-11-6-7-12(14(16)17)13(8-11)18-9-10-4-2-1-3-5-10/h1-8H,9,15H2,(H2,16,17). The summed E-state index contributed by atoms with van der Waals surface area (Å²) in [5.74, 6) is 0.357. The fourth-order valence-electron chi connectivity index (χ4n) is 1.60. The summed E-state index contributed by atoms with van der Waals surface area (Å²) in [6, 6.07) is 15.2. The van der Waals surface area contributed by atoms with Crippen LogP contribution in [0.3, 0.4) is 0 Å². The first-order valence-electron chi connectivity index (χ1n) is 5.53. The molecule has 0 aromatic heterocycles. The smallest absolute Gasteiger partial charge is 0.249 e. The van der Waals surface area contributed by atoms with Crippen LogP contribution in [-0.4, -0.2) is 5.91 Å². The van der Waals surface area contributed by atoms with Gasteiger partial charge in [0.05, 0.1) is 5.56 Å². The number of nitrogen functional groups attached to an aromatic ring is 1. The SMILES string of the molecule is NC(=O)c1ccc(N)cc1SCc1ccccc1. The number of benzene rings is 2. The Bertz CT molecular complexity index is 555. The number of amides is 1. The minimum atomic E-state index is -0.425. The summed E-state index contributed by atoms with van der Waals surface area (Å²) in [5.41, 5.74) is 13.4. The van der Waals surface area contributed by atoms with Crippen LogP contribution in [0, 0.1) is 0 Å². The van der Waals surface area contributed by atoms with Gasteiger partial charge in [-0.05, 0) is 23.8 Å². The number of hydrogen-bond donors (Lipinski definition) is 2. The molecule has 0 unspecified atom stereocenters. The van der Waals surface area contributed by atoms with Crippen LogP contribution in [0.1, 0.15) is 15.9 Å². The van der Waals surface area contributed by atoms with Gasteiger partial charge in [0.15, 0.2) is 0 Å². The van der Waals surface area contributed by atoms with Crippen molar-refractivity contribution in [3.8, 4) is 0 Å². The maximum atomic E-state index is 11.3. The second kappa shape index (κ2) is 5.60. The first kappa shape index (κ1) is 12.5. The van der Waals surface area contributed by atoms with E-state index in [1.54, 1.807) is 30.0 Å². The summed E-state index contributed by atoms with van der Waals surface area (Å²) in [6.07, 6.45) is 0. The summed E-state index contributed by atoms with van der Waals surface area (Å²) in [6.45, 7) is 0. The molecule has 3 nitrogen and oxygen atoms in total. The molecule has 0 spiro atoms. The monoisotopic (exact) mass is 258 g/mol. The zero-order chi connectivity index (χ0) is 13.0. The molecule has 2 rings (SSSR count). The van der Waals surface area contributed by atoms with Gasteiger partial charge < -0.3 is 11.5 Å². The first-order chi connectivity index (χ1) is 8.66.